The number of likely N-dealkylation sites (tertiary alicyclic amines) is 1. The van der Waals surface area contributed by atoms with E-state index in [9.17, 15) is 4.79 Å². The Morgan fingerprint density at radius 3 is 2.79 bits per heavy atom. The molecule has 3 N–H and O–H groups in total. The summed E-state index contributed by atoms with van der Waals surface area (Å²) in [6, 6.07) is 12.8. The van der Waals surface area contributed by atoms with Gasteiger partial charge in [0.05, 0.1) is 11.4 Å². The lowest BCUT2D eigenvalue weighted by Gasteiger charge is -2.18. The fourth-order valence-electron chi connectivity index (χ4n) is 4.54. The molecule has 0 radical (unpaired) electrons. The topological polar surface area (TPSA) is 60.2 Å². The van der Waals surface area contributed by atoms with Crippen molar-refractivity contribution in [3.05, 3.63) is 59.3 Å². The maximum atomic E-state index is 13.1. The number of hydrogen-bond acceptors (Lipinski definition) is 4. The number of aromatic amines is 1. The molecule has 0 spiro atoms. The van der Waals surface area contributed by atoms with Gasteiger partial charge in [-0.15, -0.1) is 0 Å². The molecule has 1 saturated heterocycles. The van der Waals surface area contributed by atoms with E-state index in [1.807, 2.05) is 32.3 Å². The Hall–Kier alpha value is -2.79. The van der Waals surface area contributed by atoms with Crippen LogP contribution in [-0.4, -0.2) is 49.4 Å². The third-order valence-electron chi connectivity index (χ3n) is 6.21. The number of para-hydroxylation sites is 1. The number of nitrogens with one attached hydrogen (secondary N) is 3. The van der Waals surface area contributed by atoms with Crippen LogP contribution in [0.1, 0.15) is 34.3 Å². The molecule has 152 valence electrons. The lowest BCUT2D eigenvalue weighted by molar-refractivity contribution is 0.0994. The zero-order valence-electron chi connectivity index (χ0n) is 17.5. The Bertz CT molecular complexity index is 1020. The molecular formula is C24H30N4O. The summed E-state index contributed by atoms with van der Waals surface area (Å²) in [7, 11) is 5.94. The molecule has 1 aromatic heterocycles. The van der Waals surface area contributed by atoms with E-state index in [1.165, 1.54) is 30.3 Å². The molecule has 0 bridgehead atoms. The summed E-state index contributed by atoms with van der Waals surface area (Å²) >= 11 is 0. The maximum absolute atomic E-state index is 13.1. The molecule has 5 heteroatoms. The van der Waals surface area contributed by atoms with Gasteiger partial charge < -0.3 is 20.5 Å². The van der Waals surface area contributed by atoms with E-state index in [1.54, 1.807) is 0 Å². The van der Waals surface area contributed by atoms with Crippen LogP contribution in [0.2, 0.25) is 0 Å². The Balaban J connectivity index is 1.58. The number of rotatable bonds is 7. The first-order valence-corrected chi connectivity index (χ1v) is 10.4. The third kappa shape index (κ3) is 3.87. The Labute approximate surface area is 172 Å². The third-order valence-corrected chi connectivity index (χ3v) is 6.21. The van der Waals surface area contributed by atoms with Crippen LogP contribution in [0.25, 0.3) is 10.9 Å². The highest BCUT2D eigenvalue weighted by Gasteiger charge is 2.22. The number of likely N-dealkylation sites (N-methyl/N-ethyl adjacent to an activating group) is 1. The van der Waals surface area contributed by atoms with E-state index in [0.29, 0.717) is 12.5 Å². The smallest absolute Gasteiger partial charge is 0.169 e. The molecule has 29 heavy (non-hydrogen) atoms. The van der Waals surface area contributed by atoms with Gasteiger partial charge in [0.15, 0.2) is 5.78 Å². The second kappa shape index (κ2) is 8.29. The predicted molar refractivity (Wildman–Crippen MR) is 121 cm³/mol. The van der Waals surface area contributed by atoms with Crippen LogP contribution in [-0.2, 0) is 12.8 Å². The largest absolute Gasteiger partial charge is 0.386 e. The second-order valence-corrected chi connectivity index (χ2v) is 8.00. The van der Waals surface area contributed by atoms with E-state index in [4.69, 9.17) is 0 Å². The molecule has 2 heterocycles. The minimum Gasteiger partial charge on any atom is -0.386 e. The molecule has 4 rings (SSSR count). The highest BCUT2D eigenvalue weighted by Crippen LogP contribution is 2.28. The van der Waals surface area contributed by atoms with Crippen LogP contribution in [0.3, 0.4) is 0 Å². The normalized spacial score (nSPS) is 17.0. The van der Waals surface area contributed by atoms with Crippen LogP contribution >= 0.6 is 0 Å². The first kappa shape index (κ1) is 19.5. The highest BCUT2D eigenvalue weighted by atomic mass is 16.1. The molecular weight excluding hydrogens is 360 g/mol. The van der Waals surface area contributed by atoms with Crippen LogP contribution in [0.15, 0.2) is 42.6 Å². The molecule has 1 fully saturated rings. The summed E-state index contributed by atoms with van der Waals surface area (Å²) in [5.74, 6) is 0.124. The number of anilines is 2. The first-order valence-electron chi connectivity index (χ1n) is 10.4. The quantitative estimate of drug-likeness (QED) is 0.526. The fraction of sp³-hybridized carbons (Fsp3) is 0.375. The molecule has 1 atom stereocenters. The molecule has 3 aromatic rings. The van der Waals surface area contributed by atoms with Crippen molar-refractivity contribution >= 4 is 28.1 Å². The number of benzene rings is 2. The van der Waals surface area contributed by atoms with Crippen LogP contribution < -0.4 is 10.6 Å². The number of H-pyrrole nitrogens is 1. The van der Waals surface area contributed by atoms with Gasteiger partial charge in [0.1, 0.15) is 0 Å². The van der Waals surface area contributed by atoms with Gasteiger partial charge in [-0.05, 0) is 68.2 Å². The lowest BCUT2D eigenvalue weighted by Crippen LogP contribution is -2.26. The first-order chi connectivity index (χ1) is 14.1. The van der Waals surface area contributed by atoms with Crippen molar-refractivity contribution in [3.8, 4) is 0 Å². The summed E-state index contributed by atoms with van der Waals surface area (Å²) in [4.78, 5) is 18.9. The van der Waals surface area contributed by atoms with E-state index >= 15 is 0 Å². The SMILES string of the molecule is CNc1cccc(C(=O)Cc2ccc3[nH]cc(CC4CCCN4C)c3c2)c1NC. The molecule has 1 aliphatic rings. The highest BCUT2D eigenvalue weighted by molar-refractivity contribution is 6.05. The van der Waals surface area contributed by atoms with Gasteiger partial charge in [-0.1, -0.05) is 12.1 Å². The summed E-state index contributed by atoms with van der Waals surface area (Å²) in [6.45, 7) is 1.19. The van der Waals surface area contributed by atoms with Gasteiger partial charge in [0.2, 0.25) is 0 Å². The number of ketones is 1. The number of carbonyl (C=O) groups excluding carboxylic acids is 1. The number of nitrogens with zero attached hydrogens (tertiary/aromatic N) is 1. The Morgan fingerprint density at radius 2 is 2.07 bits per heavy atom. The summed E-state index contributed by atoms with van der Waals surface area (Å²) in [5.41, 5.74) is 6.06. The van der Waals surface area contributed by atoms with Crippen molar-refractivity contribution < 1.29 is 4.79 Å². The van der Waals surface area contributed by atoms with Gasteiger partial charge >= 0.3 is 0 Å². The number of hydrogen-bond donors (Lipinski definition) is 3. The van der Waals surface area contributed by atoms with Crippen molar-refractivity contribution in [2.75, 3.05) is 38.3 Å². The average Bonchev–Trinajstić information content (AvgIpc) is 3.33. The molecule has 2 aromatic carbocycles. The van der Waals surface area contributed by atoms with Gasteiger partial charge in [-0.2, -0.15) is 0 Å². The summed E-state index contributed by atoms with van der Waals surface area (Å²) in [5, 5.41) is 7.56. The van der Waals surface area contributed by atoms with Crippen LogP contribution in [0.4, 0.5) is 11.4 Å². The standard InChI is InChI=1S/C24H30N4O/c1-25-22-8-4-7-19(24(22)26-2)23(29)13-16-9-10-21-20(12-16)17(15-27-21)14-18-6-5-11-28(18)3/h4,7-10,12,15,18,25-27H,5-6,11,13-14H2,1-3H3. The van der Waals surface area contributed by atoms with Crippen molar-refractivity contribution in [1.82, 2.24) is 9.88 Å². The van der Waals surface area contributed by atoms with E-state index in [-0.39, 0.29) is 5.78 Å². The molecule has 1 aliphatic heterocycles. The number of fused-ring (bicyclic) bond motifs is 1. The zero-order valence-corrected chi connectivity index (χ0v) is 17.5. The van der Waals surface area contributed by atoms with Crippen molar-refractivity contribution in [2.24, 2.45) is 0 Å². The summed E-state index contributed by atoms with van der Waals surface area (Å²) < 4.78 is 0. The minimum atomic E-state index is 0.124. The van der Waals surface area contributed by atoms with E-state index < -0.39 is 0 Å². The van der Waals surface area contributed by atoms with Crippen LogP contribution in [0.5, 0.6) is 0 Å². The van der Waals surface area contributed by atoms with Crippen molar-refractivity contribution in [2.45, 2.75) is 31.7 Å². The average molecular weight is 391 g/mol. The predicted octanol–water partition coefficient (Wildman–Crippen LogP) is 4.31. The second-order valence-electron chi connectivity index (χ2n) is 8.00. The van der Waals surface area contributed by atoms with Crippen molar-refractivity contribution in [1.29, 1.82) is 0 Å². The number of aromatic nitrogens is 1. The zero-order chi connectivity index (χ0) is 20.4. The minimum absolute atomic E-state index is 0.124. The van der Waals surface area contributed by atoms with Gasteiger partial charge in [-0.3, -0.25) is 4.79 Å². The fourth-order valence-corrected chi connectivity index (χ4v) is 4.54. The number of carbonyl (C=O) groups is 1. The number of Topliss-reactive ketones (excluding diaryl/α,β-unsaturated/α-hetero) is 1. The molecule has 0 saturated carbocycles. The Kier molecular flexibility index (Phi) is 5.58. The van der Waals surface area contributed by atoms with Gasteiger partial charge in [-0.25, -0.2) is 0 Å². The molecule has 0 amide bonds. The molecule has 1 unspecified atom stereocenters. The van der Waals surface area contributed by atoms with Crippen LogP contribution in [0, 0.1) is 0 Å². The molecule has 5 nitrogen and oxygen atoms in total. The lowest BCUT2D eigenvalue weighted by atomic mass is 9.97. The van der Waals surface area contributed by atoms with E-state index in [2.05, 4.69) is 52.0 Å². The summed E-state index contributed by atoms with van der Waals surface area (Å²) in [6.07, 6.45) is 6.13. The van der Waals surface area contributed by atoms with Crippen molar-refractivity contribution in [3.63, 3.8) is 0 Å². The maximum Gasteiger partial charge on any atom is 0.169 e. The Morgan fingerprint density at radius 1 is 1.21 bits per heavy atom. The van der Waals surface area contributed by atoms with Gasteiger partial charge in [0, 0.05) is 49.2 Å². The van der Waals surface area contributed by atoms with Gasteiger partial charge in [0.25, 0.3) is 0 Å². The molecule has 0 aliphatic carbocycles. The monoisotopic (exact) mass is 390 g/mol. The van der Waals surface area contributed by atoms with E-state index in [0.717, 1.165) is 34.4 Å².